The summed E-state index contributed by atoms with van der Waals surface area (Å²) in [5, 5.41) is 0. The van der Waals surface area contributed by atoms with Crippen molar-refractivity contribution in [3.8, 4) is 16.9 Å². The van der Waals surface area contributed by atoms with E-state index in [2.05, 4.69) is 9.97 Å². The van der Waals surface area contributed by atoms with Gasteiger partial charge in [0, 0.05) is 37.5 Å². The lowest BCUT2D eigenvalue weighted by atomic mass is 9.92. The van der Waals surface area contributed by atoms with Gasteiger partial charge in [0.05, 0.1) is 12.7 Å². The first-order valence-corrected chi connectivity index (χ1v) is 9.86. The topological polar surface area (TPSA) is 58.2 Å². The lowest BCUT2D eigenvalue weighted by Crippen LogP contribution is -2.39. The molecule has 1 fully saturated rings. The molecule has 5 nitrogen and oxygen atoms in total. The molecule has 0 bridgehead atoms. The van der Waals surface area contributed by atoms with Crippen LogP contribution in [0.1, 0.15) is 29.0 Å². The van der Waals surface area contributed by atoms with Crippen molar-refractivity contribution in [3.05, 3.63) is 72.1 Å². The molecule has 0 atom stereocenters. The first-order chi connectivity index (χ1) is 14.2. The second kappa shape index (κ2) is 8.47. The summed E-state index contributed by atoms with van der Waals surface area (Å²) in [4.78, 5) is 22.4. The zero-order chi connectivity index (χ0) is 20.2. The zero-order valence-electron chi connectivity index (χ0n) is 16.4. The maximum absolute atomic E-state index is 14.1. The van der Waals surface area contributed by atoms with Gasteiger partial charge in [0.2, 0.25) is 0 Å². The number of aromatic nitrogens is 2. The molecule has 1 amide bonds. The summed E-state index contributed by atoms with van der Waals surface area (Å²) in [6.45, 7) is 1.42. The van der Waals surface area contributed by atoms with Crippen LogP contribution in [0.5, 0.6) is 5.75 Å². The fourth-order valence-corrected chi connectivity index (χ4v) is 3.92. The van der Waals surface area contributed by atoms with Gasteiger partial charge in [-0.05, 0) is 42.5 Å². The minimum Gasteiger partial charge on any atom is -0.496 e. The minimum atomic E-state index is -0.299. The Morgan fingerprint density at radius 3 is 2.72 bits per heavy atom. The standard InChI is InChI=1S/C23H24FN3O2/c1-29-21-15-17(18-4-2-3-5-20(18)24)6-7-19(21)23(28)27-12-8-16(9-13-27)14-22-25-10-11-26-22/h2-7,10-11,15-16H,8-9,12-14H2,1H3,(H,25,26). The lowest BCUT2D eigenvalue weighted by Gasteiger charge is -2.32. The highest BCUT2D eigenvalue weighted by Gasteiger charge is 2.26. The van der Waals surface area contributed by atoms with E-state index in [1.165, 1.54) is 13.2 Å². The van der Waals surface area contributed by atoms with Gasteiger partial charge >= 0.3 is 0 Å². The number of nitrogens with one attached hydrogen (secondary N) is 1. The monoisotopic (exact) mass is 393 g/mol. The molecule has 0 radical (unpaired) electrons. The number of methoxy groups -OCH3 is 1. The largest absolute Gasteiger partial charge is 0.496 e. The first kappa shape index (κ1) is 19.2. The van der Waals surface area contributed by atoms with Crippen molar-refractivity contribution in [2.75, 3.05) is 20.2 Å². The molecular formula is C23H24FN3O2. The van der Waals surface area contributed by atoms with E-state index >= 15 is 0 Å². The van der Waals surface area contributed by atoms with Gasteiger partial charge in [-0.2, -0.15) is 0 Å². The van der Waals surface area contributed by atoms with Crippen LogP contribution in [-0.2, 0) is 6.42 Å². The molecule has 0 spiro atoms. The molecule has 29 heavy (non-hydrogen) atoms. The molecule has 3 aromatic rings. The molecular weight excluding hydrogens is 369 g/mol. The lowest BCUT2D eigenvalue weighted by molar-refractivity contribution is 0.0686. The number of imidazole rings is 1. The van der Waals surface area contributed by atoms with Gasteiger partial charge in [-0.1, -0.05) is 24.3 Å². The van der Waals surface area contributed by atoms with E-state index < -0.39 is 0 Å². The van der Waals surface area contributed by atoms with Crippen LogP contribution in [0, 0.1) is 11.7 Å². The Kier molecular flexibility index (Phi) is 5.60. The number of hydrogen-bond donors (Lipinski definition) is 1. The van der Waals surface area contributed by atoms with Gasteiger partial charge in [-0.25, -0.2) is 9.37 Å². The molecule has 2 heterocycles. The third-order valence-corrected chi connectivity index (χ3v) is 5.56. The van der Waals surface area contributed by atoms with Gasteiger partial charge in [-0.3, -0.25) is 4.79 Å². The zero-order valence-corrected chi connectivity index (χ0v) is 16.4. The summed E-state index contributed by atoms with van der Waals surface area (Å²) in [6.07, 6.45) is 6.41. The Labute approximate surface area is 169 Å². The van der Waals surface area contributed by atoms with Crippen LogP contribution in [-0.4, -0.2) is 41.0 Å². The summed E-state index contributed by atoms with van der Waals surface area (Å²) >= 11 is 0. The second-order valence-corrected chi connectivity index (χ2v) is 7.37. The van der Waals surface area contributed by atoms with Crippen LogP contribution in [0.15, 0.2) is 54.9 Å². The number of piperidine rings is 1. The Morgan fingerprint density at radius 1 is 1.24 bits per heavy atom. The van der Waals surface area contributed by atoms with Crippen molar-refractivity contribution in [1.82, 2.24) is 14.9 Å². The van der Waals surface area contributed by atoms with E-state index in [1.54, 1.807) is 42.6 Å². The summed E-state index contributed by atoms with van der Waals surface area (Å²) in [5.41, 5.74) is 1.69. The van der Waals surface area contributed by atoms with Gasteiger partial charge in [0.25, 0.3) is 5.91 Å². The number of ether oxygens (including phenoxy) is 1. The first-order valence-electron chi connectivity index (χ1n) is 9.86. The summed E-state index contributed by atoms with van der Waals surface area (Å²) in [6, 6.07) is 11.8. The molecule has 1 aromatic heterocycles. The predicted octanol–water partition coefficient (Wildman–Crippen LogP) is 4.32. The highest BCUT2D eigenvalue weighted by Crippen LogP contribution is 2.31. The van der Waals surface area contributed by atoms with Gasteiger partial charge in [0.15, 0.2) is 0 Å². The quantitative estimate of drug-likeness (QED) is 0.702. The fraction of sp³-hybridized carbons (Fsp3) is 0.304. The third-order valence-electron chi connectivity index (χ3n) is 5.56. The minimum absolute atomic E-state index is 0.0432. The van der Waals surface area contributed by atoms with E-state index in [9.17, 15) is 9.18 Å². The number of aromatic amines is 1. The van der Waals surface area contributed by atoms with Crippen molar-refractivity contribution in [2.24, 2.45) is 5.92 Å². The van der Waals surface area contributed by atoms with Crippen molar-refractivity contribution in [1.29, 1.82) is 0 Å². The number of rotatable bonds is 5. The summed E-state index contributed by atoms with van der Waals surface area (Å²) in [5.74, 6) is 1.65. The number of hydrogen-bond acceptors (Lipinski definition) is 3. The summed E-state index contributed by atoms with van der Waals surface area (Å²) in [7, 11) is 1.53. The normalized spacial score (nSPS) is 14.8. The molecule has 0 aliphatic carbocycles. The maximum Gasteiger partial charge on any atom is 0.257 e. The third kappa shape index (κ3) is 4.16. The highest BCUT2D eigenvalue weighted by molar-refractivity contribution is 5.97. The van der Waals surface area contributed by atoms with E-state index in [-0.39, 0.29) is 11.7 Å². The molecule has 0 saturated carbocycles. The number of likely N-dealkylation sites (tertiary alicyclic amines) is 1. The van der Waals surface area contributed by atoms with Crippen molar-refractivity contribution in [2.45, 2.75) is 19.3 Å². The van der Waals surface area contributed by atoms with Crippen LogP contribution < -0.4 is 4.74 Å². The number of amides is 1. The van der Waals surface area contributed by atoms with Crippen LogP contribution in [0.4, 0.5) is 4.39 Å². The number of benzene rings is 2. The fourth-order valence-electron chi connectivity index (χ4n) is 3.92. The van der Waals surface area contributed by atoms with E-state index in [4.69, 9.17) is 4.74 Å². The van der Waals surface area contributed by atoms with E-state index in [1.807, 2.05) is 11.1 Å². The Morgan fingerprint density at radius 2 is 2.03 bits per heavy atom. The number of H-pyrrole nitrogens is 1. The molecule has 0 unspecified atom stereocenters. The number of carbonyl (C=O) groups is 1. The number of nitrogens with zero attached hydrogens (tertiary/aromatic N) is 2. The van der Waals surface area contributed by atoms with Crippen LogP contribution in [0.2, 0.25) is 0 Å². The number of halogens is 1. The second-order valence-electron chi connectivity index (χ2n) is 7.37. The Bertz CT molecular complexity index is 980. The average Bonchev–Trinajstić information content (AvgIpc) is 3.27. The van der Waals surface area contributed by atoms with E-state index in [0.717, 1.165) is 25.1 Å². The predicted molar refractivity (Wildman–Crippen MR) is 109 cm³/mol. The molecule has 1 N–H and O–H groups in total. The van der Waals surface area contributed by atoms with Crippen molar-refractivity contribution < 1.29 is 13.9 Å². The molecule has 6 heteroatoms. The van der Waals surface area contributed by atoms with Crippen LogP contribution >= 0.6 is 0 Å². The molecule has 150 valence electrons. The SMILES string of the molecule is COc1cc(-c2ccccc2F)ccc1C(=O)N1CCC(Cc2ncc[nH]2)CC1. The number of carbonyl (C=O) groups excluding carboxylic acids is 1. The molecule has 1 aliphatic heterocycles. The molecule has 1 aliphatic rings. The van der Waals surface area contributed by atoms with Crippen molar-refractivity contribution in [3.63, 3.8) is 0 Å². The van der Waals surface area contributed by atoms with Crippen molar-refractivity contribution >= 4 is 5.91 Å². The Balaban J connectivity index is 1.47. The molecule has 1 saturated heterocycles. The molecule has 4 rings (SSSR count). The smallest absolute Gasteiger partial charge is 0.257 e. The van der Waals surface area contributed by atoms with Crippen LogP contribution in [0.25, 0.3) is 11.1 Å². The van der Waals surface area contributed by atoms with Gasteiger partial charge in [-0.15, -0.1) is 0 Å². The van der Waals surface area contributed by atoms with Gasteiger partial charge in [0.1, 0.15) is 17.4 Å². The van der Waals surface area contributed by atoms with E-state index in [0.29, 0.717) is 41.4 Å². The maximum atomic E-state index is 14.1. The molecule has 2 aromatic carbocycles. The van der Waals surface area contributed by atoms with Crippen LogP contribution in [0.3, 0.4) is 0 Å². The summed E-state index contributed by atoms with van der Waals surface area (Å²) < 4.78 is 19.6. The average molecular weight is 393 g/mol. The highest BCUT2D eigenvalue weighted by atomic mass is 19.1. The Hall–Kier alpha value is -3.15. The van der Waals surface area contributed by atoms with Gasteiger partial charge < -0.3 is 14.6 Å².